The average molecular weight is 242 g/mol. The Labute approximate surface area is 104 Å². The van der Waals surface area contributed by atoms with E-state index in [-0.39, 0.29) is 23.8 Å². The molecular weight excluding hydrogens is 232 g/mol. The number of hydrogen-bond donors (Lipinski definition) is 1. The van der Waals surface area contributed by atoms with Crippen LogP contribution in [0.1, 0.15) is 22.8 Å². The maximum Gasteiger partial charge on any atom is 0.351 e. The van der Waals surface area contributed by atoms with Crippen molar-refractivity contribution in [2.24, 2.45) is 0 Å². The first-order valence-electron chi connectivity index (χ1n) is 5.41. The van der Waals surface area contributed by atoms with Crippen LogP contribution in [0, 0.1) is 11.3 Å². The van der Waals surface area contributed by atoms with Crippen molar-refractivity contribution in [2.75, 3.05) is 6.61 Å². The highest BCUT2D eigenvalue weighted by Crippen LogP contribution is 2.26. The third kappa shape index (κ3) is 1.84. The molecule has 5 heteroatoms. The average Bonchev–Trinajstić information content (AvgIpc) is 2.69. The minimum absolute atomic E-state index is 0.173. The molecule has 0 bridgehead atoms. The summed E-state index contributed by atoms with van der Waals surface area (Å²) in [6.45, 7) is 1.83. The number of nitrogens with zero attached hydrogens (tertiary/aromatic N) is 1. The molecule has 2 rings (SSSR count). The Morgan fingerprint density at radius 2 is 2.06 bits per heavy atom. The monoisotopic (exact) mass is 242 g/mol. The fourth-order valence-electron chi connectivity index (χ4n) is 1.75. The third-order valence-electron chi connectivity index (χ3n) is 2.52. The molecule has 0 saturated heterocycles. The molecule has 0 aromatic heterocycles. The van der Waals surface area contributed by atoms with E-state index in [4.69, 9.17) is 10.00 Å². The molecule has 0 radical (unpaired) electrons. The van der Waals surface area contributed by atoms with Gasteiger partial charge in [0.1, 0.15) is 6.07 Å². The molecule has 0 spiro atoms. The van der Waals surface area contributed by atoms with E-state index in [0.29, 0.717) is 11.1 Å². The normalized spacial score (nSPS) is 15.4. The van der Waals surface area contributed by atoms with Gasteiger partial charge in [0, 0.05) is 11.1 Å². The van der Waals surface area contributed by atoms with Gasteiger partial charge in [0.15, 0.2) is 5.57 Å². The molecule has 18 heavy (non-hydrogen) atoms. The lowest BCUT2D eigenvalue weighted by atomic mass is 10.1. The lowest BCUT2D eigenvalue weighted by Gasteiger charge is -2.04. The van der Waals surface area contributed by atoms with Gasteiger partial charge in [0.2, 0.25) is 0 Å². The maximum absolute atomic E-state index is 11.7. The van der Waals surface area contributed by atoms with Crippen LogP contribution in [0.4, 0.5) is 0 Å². The number of amides is 1. The second kappa shape index (κ2) is 4.72. The van der Waals surface area contributed by atoms with E-state index in [2.05, 4.69) is 5.32 Å². The highest BCUT2D eigenvalue weighted by atomic mass is 16.5. The Hall–Kier alpha value is -2.61. The van der Waals surface area contributed by atoms with Crippen molar-refractivity contribution < 1.29 is 14.3 Å². The van der Waals surface area contributed by atoms with E-state index in [1.165, 1.54) is 0 Å². The van der Waals surface area contributed by atoms with Gasteiger partial charge >= 0.3 is 5.97 Å². The zero-order valence-electron chi connectivity index (χ0n) is 9.69. The summed E-state index contributed by atoms with van der Waals surface area (Å²) >= 11 is 0. The van der Waals surface area contributed by atoms with E-state index >= 15 is 0 Å². The topological polar surface area (TPSA) is 79.2 Å². The smallest absolute Gasteiger partial charge is 0.351 e. The molecule has 0 saturated carbocycles. The molecular formula is C13H10N2O3. The summed E-state index contributed by atoms with van der Waals surface area (Å²) in [5.74, 6) is -1.05. The molecule has 0 aliphatic carbocycles. The summed E-state index contributed by atoms with van der Waals surface area (Å²) in [6, 6.07) is 8.55. The molecule has 1 aliphatic heterocycles. The summed E-state index contributed by atoms with van der Waals surface area (Å²) in [7, 11) is 0. The first-order chi connectivity index (χ1) is 8.69. The molecule has 0 fully saturated rings. The van der Waals surface area contributed by atoms with Gasteiger partial charge in [-0.2, -0.15) is 5.26 Å². The van der Waals surface area contributed by atoms with Gasteiger partial charge in [0.05, 0.1) is 12.3 Å². The summed E-state index contributed by atoms with van der Waals surface area (Å²) < 4.78 is 4.79. The number of nitrogens with one attached hydrogen (secondary N) is 1. The van der Waals surface area contributed by atoms with E-state index in [9.17, 15) is 9.59 Å². The summed E-state index contributed by atoms with van der Waals surface area (Å²) in [4.78, 5) is 23.3. The lowest BCUT2D eigenvalue weighted by molar-refractivity contribution is -0.137. The highest BCUT2D eigenvalue weighted by molar-refractivity contribution is 6.14. The molecule has 5 nitrogen and oxygen atoms in total. The first kappa shape index (κ1) is 11.9. The first-order valence-corrected chi connectivity index (χ1v) is 5.41. The number of nitriles is 1. The fraction of sp³-hybridized carbons (Fsp3) is 0.154. The Morgan fingerprint density at radius 3 is 2.67 bits per heavy atom. The largest absolute Gasteiger partial charge is 0.462 e. The van der Waals surface area contributed by atoms with Crippen molar-refractivity contribution in [3.63, 3.8) is 0 Å². The van der Waals surface area contributed by atoms with Crippen molar-refractivity contribution in [3.05, 3.63) is 41.0 Å². The van der Waals surface area contributed by atoms with Crippen LogP contribution in [0.15, 0.2) is 29.8 Å². The van der Waals surface area contributed by atoms with Gasteiger partial charge < -0.3 is 10.1 Å². The number of carbonyl (C=O) groups is 2. The Morgan fingerprint density at radius 1 is 1.39 bits per heavy atom. The van der Waals surface area contributed by atoms with Gasteiger partial charge in [-0.15, -0.1) is 0 Å². The number of benzene rings is 1. The standard InChI is InChI=1S/C13H10N2O3/c1-2-18-13(17)10(7-14)11-8-5-3-4-6-9(8)12(16)15-11/h3-6H,2H2,1H3,(H,15,16)/b11-10+. The van der Waals surface area contributed by atoms with Gasteiger partial charge in [-0.25, -0.2) is 4.79 Å². The molecule has 0 atom stereocenters. The third-order valence-corrected chi connectivity index (χ3v) is 2.52. The van der Waals surface area contributed by atoms with Gasteiger partial charge in [-0.3, -0.25) is 4.79 Å². The van der Waals surface area contributed by atoms with Gasteiger partial charge in [-0.1, -0.05) is 18.2 Å². The molecule has 1 N–H and O–H groups in total. The van der Waals surface area contributed by atoms with Crippen molar-refractivity contribution in [1.82, 2.24) is 5.32 Å². The molecule has 1 aromatic rings. The molecule has 90 valence electrons. The Kier molecular flexibility index (Phi) is 3.11. The van der Waals surface area contributed by atoms with Gasteiger partial charge in [0.25, 0.3) is 5.91 Å². The molecule has 0 unspecified atom stereocenters. The van der Waals surface area contributed by atoms with Crippen LogP contribution in [-0.2, 0) is 9.53 Å². The molecule has 1 heterocycles. The second-order valence-corrected chi connectivity index (χ2v) is 3.58. The molecule has 1 aromatic carbocycles. The number of rotatable bonds is 2. The van der Waals surface area contributed by atoms with E-state index < -0.39 is 5.97 Å². The number of hydrogen-bond acceptors (Lipinski definition) is 4. The summed E-state index contributed by atoms with van der Waals surface area (Å²) in [5.41, 5.74) is 1.03. The van der Waals surface area contributed by atoms with E-state index in [0.717, 1.165) is 0 Å². The quantitative estimate of drug-likeness (QED) is 0.480. The van der Waals surface area contributed by atoms with E-state index in [1.54, 1.807) is 37.3 Å². The fourth-order valence-corrected chi connectivity index (χ4v) is 1.75. The Balaban J connectivity index is 2.55. The zero-order valence-corrected chi connectivity index (χ0v) is 9.69. The molecule has 1 aliphatic rings. The van der Waals surface area contributed by atoms with Crippen molar-refractivity contribution in [2.45, 2.75) is 6.92 Å². The van der Waals surface area contributed by atoms with Crippen LogP contribution in [-0.4, -0.2) is 18.5 Å². The number of carbonyl (C=O) groups excluding carboxylic acids is 2. The predicted molar refractivity (Wildman–Crippen MR) is 63.1 cm³/mol. The van der Waals surface area contributed by atoms with Crippen molar-refractivity contribution in [1.29, 1.82) is 5.26 Å². The minimum atomic E-state index is -0.730. The lowest BCUT2D eigenvalue weighted by Crippen LogP contribution is -2.17. The van der Waals surface area contributed by atoms with Crippen LogP contribution in [0.3, 0.4) is 0 Å². The zero-order chi connectivity index (χ0) is 13.1. The van der Waals surface area contributed by atoms with Crippen LogP contribution in [0.5, 0.6) is 0 Å². The summed E-state index contributed by atoms with van der Waals surface area (Å²) in [6.07, 6.45) is 0. The highest BCUT2D eigenvalue weighted by Gasteiger charge is 2.28. The van der Waals surface area contributed by atoms with Gasteiger partial charge in [-0.05, 0) is 13.0 Å². The number of ether oxygens (including phenoxy) is 1. The predicted octanol–water partition coefficient (Wildman–Crippen LogP) is 1.23. The summed E-state index contributed by atoms with van der Waals surface area (Å²) in [5, 5.41) is 11.6. The second-order valence-electron chi connectivity index (χ2n) is 3.58. The van der Waals surface area contributed by atoms with Crippen molar-refractivity contribution in [3.8, 4) is 6.07 Å². The number of fused-ring (bicyclic) bond motifs is 1. The van der Waals surface area contributed by atoms with Crippen LogP contribution in [0.25, 0.3) is 5.70 Å². The number of esters is 1. The Bertz CT molecular complexity index is 596. The van der Waals surface area contributed by atoms with Crippen LogP contribution >= 0.6 is 0 Å². The maximum atomic E-state index is 11.7. The SMILES string of the molecule is CCOC(=O)/C(C#N)=C1/NC(=O)c2ccccc21. The minimum Gasteiger partial charge on any atom is -0.462 e. The van der Waals surface area contributed by atoms with Crippen LogP contribution in [0.2, 0.25) is 0 Å². The van der Waals surface area contributed by atoms with Crippen molar-refractivity contribution >= 4 is 17.6 Å². The molecule has 1 amide bonds. The van der Waals surface area contributed by atoms with Crippen LogP contribution < -0.4 is 5.32 Å². The van der Waals surface area contributed by atoms with E-state index in [1.807, 2.05) is 0 Å².